The quantitative estimate of drug-likeness (QED) is 0.775. The third-order valence-electron chi connectivity index (χ3n) is 4.03. The number of methoxy groups -OCH3 is 2. The predicted molar refractivity (Wildman–Crippen MR) is 96.7 cm³/mol. The van der Waals surface area contributed by atoms with Crippen LogP contribution >= 0.6 is 23.4 Å². The summed E-state index contributed by atoms with van der Waals surface area (Å²) in [6.45, 7) is 0.388. The van der Waals surface area contributed by atoms with Crippen LogP contribution in [-0.2, 0) is 11.3 Å². The second-order valence-electron chi connectivity index (χ2n) is 5.54. The second-order valence-corrected chi connectivity index (χ2v) is 7.01. The minimum atomic E-state index is -0.469. The number of hydrogen-bond acceptors (Lipinski definition) is 4. The molecule has 1 saturated heterocycles. The van der Waals surface area contributed by atoms with E-state index in [2.05, 4.69) is 0 Å². The third kappa shape index (κ3) is 3.70. The SMILES string of the molecule is COc1ccc(CN2C(=O)CSC2c2ccc(F)c(Cl)c2)c(OC)c1. The molecule has 0 spiro atoms. The van der Waals surface area contributed by atoms with Crippen molar-refractivity contribution in [2.75, 3.05) is 20.0 Å². The average molecular weight is 382 g/mol. The highest BCUT2D eigenvalue weighted by Gasteiger charge is 2.33. The number of benzene rings is 2. The molecule has 3 rings (SSSR count). The fourth-order valence-corrected chi connectivity index (χ4v) is 4.10. The van der Waals surface area contributed by atoms with Crippen molar-refractivity contribution in [1.29, 1.82) is 0 Å². The Morgan fingerprint density at radius 2 is 2.04 bits per heavy atom. The van der Waals surface area contributed by atoms with Gasteiger partial charge in [0, 0.05) is 11.6 Å². The molecule has 132 valence electrons. The fourth-order valence-electron chi connectivity index (χ4n) is 2.73. The van der Waals surface area contributed by atoms with Gasteiger partial charge < -0.3 is 14.4 Å². The van der Waals surface area contributed by atoms with Gasteiger partial charge in [-0.1, -0.05) is 17.7 Å². The Kier molecular flexibility index (Phi) is 5.39. The molecule has 7 heteroatoms. The predicted octanol–water partition coefficient (Wildman–Crippen LogP) is 4.27. The Labute approximate surface area is 154 Å². The van der Waals surface area contributed by atoms with Gasteiger partial charge in [0.25, 0.3) is 0 Å². The number of ether oxygens (including phenoxy) is 2. The molecule has 4 nitrogen and oxygen atoms in total. The summed E-state index contributed by atoms with van der Waals surface area (Å²) in [7, 11) is 3.17. The van der Waals surface area contributed by atoms with Crippen molar-refractivity contribution < 1.29 is 18.7 Å². The lowest BCUT2D eigenvalue weighted by Crippen LogP contribution is -2.27. The van der Waals surface area contributed by atoms with Crippen LogP contribution in [0.4, 0.5) is 4.39 Å². The molecule has 0 aliphatic carbocycles. The van der Waals surface area contributed by atoms with Gasteiger partial charge in [0.05, 0.1) is 31.5 Å². The maximum atomic E-state index is 13.4. The van der Waals surface area contributed by atoms with Crippen molar-refractivity contribution in [3.63, 3.8) is 0 Å². The first-order valence-corrected chi connectivity index (χ1v) is 9.03. The Hall–Kier alpha value is -1.92. The maximum absolute atomic E-state index is 13.4. The average Bonchev–Trinajstić information content (AvgIpc) is 2.98. The largest absolute Gasteiger partial charge is 0.497 e. The molecule has 25 heavy (non-hydrogen) atoms. The molecule has 1 unspecified atom stereocenters. The lowest BCUT2D eigenvalue weighted by atomic mass is 10.1. The van der Waals surface area contributed by atoms with E-state index in [1.165, 1.54) is 17.8 Å². The first-order valence-electron chi connectivity index (χ1n) is 7.60. The molecule has 1 aliphatic heterocycles. The number of rotatable bonds is 5. The van der Waals surface area contributed by atoms with Crippen LogP contribution in [0, 0.1) is 5.82 Å². The summed E-state index contributed by atoms with van der Waals surface area (Å²) in [6, 6.07) is 10.1. The van der Waals surface area contributed by atoms with E-state index in [0.717, 1.165) is 11.1 Å². The van der Waals surface area contributed by atoms with E-state index in [9.17, 15) is 9.18 Å². The Morgan fingerprint density at radius 3 is 2.72 bits per heavy atom. The number of nitrogens with zero attached hydrogens (tertiary/aromatic N) is 1. The highest BCUT2D eigenvalue weighted by Crippen LogP contribution is 2.41. The Bertz CT molecular complexity index is 802. The van der Waals surface area contributed by atoms with Gasteiger partial charge in [-0.15, -0.1) is 11.8 Å². The first kappa shape index (κ1) is 17.9. The summed E-state index contributed by atoms with van der Waals surface area (Å²) in [5.74, 6) is 1.26. The van der Waals surface area contributed by atoms with E-state index in [-0.39, 0.29) is 16.3 Å². The molecule has 1 fully saturated rings. The number of hydrogen-bond donors (Lipinski definition) is 0. The molecule has 0 aromatic heterocycles. The topological polar surface area (TPSA) is 38.8 Å². The number of carbonyl (C=O) groups is 1. The van der Waals surface area contributed by atoms with Crippen molar-refractivity contribution in [3.05, 3.63) is 58.4 Å². The van der Waals surface area contributed by atoms with Crippen molar-refractivity contribution in [2.24, 2.45) is 0 Å². The van der Waals surface area contributed by atoms with Crippen LogP contribution in [0.3, 0.4) is 0 Å². The molecule has 1 aliphatic rings. The lowest BCUT2D eigenvalue weighted by molar-refractivity contribution is -0.128. The van der Waals surface area contributed by atoms with E-state index in [4.69, 9.17) is 21.1 Å². The summed E-state index contributed by atoms with van der Waals surface area (Å²) in [4.78, 5) is 14.1. The van der Waals surface area contributed by atoms with E-state index >= 15 is 0 Å². The number of amides is 1. The molecule has 1 heterocycles. The molecular formula is C18H17ClFNO3S. The van der Waals surface area contributed by atoms with Crippen molar-refractivity contribution in [3.8, 4) is 11.5 Å². The fraction of sp³-hybridized carbons (Fsp3) is 0.278. The number of thioether (sulfide) groups is 1. The van der Waals surface area contributed by atoms with Crippen LogP contribution in [0.5, 0.6) is 11.5 Å². The summed E-state index contributed by atoms with van der Waals surface area (Å²) in [6.07, 6.45) is 0. The van der Waals surface area contributed by atoms with Gasteiger partial charge in [-0.05, 0) is 29.8 Å². The van der Waals surface area contributed by atoms with Gasteiger partial charge in [0.1, 0.15) is 22.7 Å². The minimum absolute atomic E-state index is 0.0216. The monoisotopic (exact) mass is 381 g/mol. The first-order chi connectivity index (χ1) is 12.0. The third-order valence-corrected chi connectivity index (χ3v) is 5.58. The Morgan fingerprint density at radius 1 is 1.24 bits per heavy atom. The van der Waals surface area contributed by atoms with Gasteiger partial charge in [0.2, 0.25) is 5.91 Å². The summed E-state index contributed by atoms with van der Waals surface area (Å²) < 4.78 is 24.0. The molecule has 0 N–H and O–H groups in total. The smallest absolute Gasteiger partial charge is 0.234 e. The standard InChI is InChI=1S/C18H17ClFNO3S/c1-23-13-5-3-12(16(8-13)24-2)9-21-17(22)10-25-18(21)11-4-6-15(20)14(19)7-11/h3-8,18H,9-10H2,1-2H3. The van der Waals surface area contributed by atoms with Crippen LogP contribution in [-0.4, -0.2) is 30.8 Å². The van der Waals surface area contributed by atoms with Crippen LogP contribution in [0.25, 0.3) is 0 Å². The summed E-state index contributed by atoms with van der Waals surface area (Å²) >= 11 is 7.39. The summed E-state index contributed by atoms with van der Waals surface area (Å²) in [5, 5.41) is -0.156. The molecule has 2 aromatic rings. The molecule has 0 radical (unpaired) electrons. The van der Waals surface area contributed by atoms with Gasteiger partial charge in [0.15, 0.2) is 0 Å². The molecule has 0 saturated carbocycles. The van der Waals surface area contributed by atoms with Crippen LogP contribution in [0.1, 0.15) is 16.5 Å². The van der Waals surface area contributed by atoms with Crippen LogP contribution < -0.4 is 9.47 Å². The van der Waals surface area contributed by atoms with Gasteiger partial charge >= 0.3 is 0 Å². The maximum Gasteiger partial charge on any atom is 0.234 e. The van der Waals surface area contributed by atoms with Gasteiger partial charge in [-0.2, -0.15) is 0 Å². The van der Waals surface area contributed by atoms with Gasteiger partial charge in [-0.25, -0.2) is 4.39 Å². The minimum Gasteiger partial charge on any atom is -0.497 e. The van der Waals surface area contributed by atoms with E-state index in [1.807, 2.05) is 12.1 Å². The zero-order chi connectivity index (χ0) is 18.0. The highest BCUT2D eigenvalue weighted by molar-refractivity contribution is 8.00. The van der Waals surface area contributed by atoms with Crippen molar-refractivity contribution in [1.82, 2.24) is 4.90 Å². The Balaban J connectivity index is 1.89. The molecule has 2 aromatic carbocycles. The van der Waals surface area contributed by atoms with E-state index in [1.54, 1.807) is 37.3 Å². The van der Waals surface area contributed by atoms with E-state index in [0.29, 0.717) is 23.8 Å². The molecule has 0 bridgehead atoms. The number of halogens is 2. The van der Waals surface area contributed by atoms with Gasteiger partial charge in [-0.3, -0.25) is 4.79 Å². The summed E-state index contributed by atoms with van der Waals surface area (Å²) in [5.41, 5.74) is 1.67. The second kappa shape index (κ2) is 7.54. The normalized spacial score (nSPS) is 17.0. The molecule has 1 atom stereocenters. The van der Waals surface area contributed by atoms with Crippen molar-refractivity contribution in [2.45, 2.75) is 11.9 Å². The number of carbonyl (C=O) groups excluding carboxylic acids is 1. The molecule has 1 amide bonds. The molecular weight excluding hydrogens is 365 g/mol. The van der Waals surface area contributed by atoms with Crippen molar-refractivity contribution >= 4 is 29.3 Å². The highest BCUT2D eigenvalue weighted by atomic mass is 35.5. The zero-order valence-electron chi connectivity index (χ0n) is 13.8. The van der Waals surface area contributed by atoms with Crippen LogP contribution in [0.15, 0.2) is 36.4 Å². The zero-order valence-corrected chi connectivity index (χ0v) is 15.4. The van der Waals surface area contributed by atoms with E-state index < -0.39 is 5.82 Å². The van der Waals surface area contributed by atoms with Crippen LogP contribution in [0.2, 0.25) is 5.02 Å². The lowest BCUT2D eigenvalue weighted by Gasteiger charge is -2.25.